The molecule has 1 aliphatic rings. The van der Waals surface area contributed by atoms with Crippen molar-refractivity contribution in [3.8, 4) is 0 Å². The Hall–Kier alpha value is -1.62. The Kier molecular flexibility index (Phi) is 2.55. The Balaban J connectivity index is 2.09. The van der Waals surface area contributed by atoms with Crippen LogP contribution in [0.4, 0.5) is 5.69 Å². The number of nitrogens with one attached hydrogen (secondary N) is 2. The van der Waals surface area contributed by atoms with Gasteiger partial charge in [0.15, 0.2) is 0 Å². The van der Waals surface area contributed by atoms with Crippen LogP contribution in [-0.2, 0) is 0 Å². The number of nitrogens with two attached hydrogens (primary N) is 1. The zero-order valence-electron chi connectivity index (χ0n) is 9.45. The second kappa shape index (κ2) is 3.75. The van der Waals surface area contributed by atoms with Crippen LogP contribution in [0.3, 0.4) is 0 Å². The SMILES string of the molecule is CC1(C)CC1NC(=O)c1cnccc1NN. The molecule has 0 aliphatic heterocycles. The molecule has 0 radical (unpaired) electrons. The summed E-state index contributed by atoms with van der Waals surface area (Å²) in [5, 5.41) is 2.96. The first kappa shape index (κ1) is 10.9. The fraction of sp³-hybridized carbons (Fsp3) is 0.455. The van der Waals surface area contributed by atoms with Crippen LogP contribution in [0.5, 0.6) is 0 Å². The van der Waals surface area contributed by atoms with E-state index in [-0.39, 0.29) is 17.4 Å². The average Bonchev–Trinajstić information content (AvgIpc) is 2.85. The summed E-state index contributed by atoms with van der Waals surface area (Å²) in [7, 11) is 0. The summed E-state index contributed by atoms with van der Waals surface area (Å²) in [5.74, 6) is 5.20. The Bertz CT molecular complexity index is 416. The number of hydrogen-bond donors (Lipinski definition) is 3. The summed E-state index contributed by atoms with van der Waals surface area (Å²) >= 11 is 0. The van der Waals surface area contributed by atoms with E-state index in [0.29, 0.717) is 11.3 Å². The van der Waals surface area contributed by atoms with E-state index in [2.05, 4.69) is 29.6 Å². The number of nitrogens with zero attached hydrogens (tertiary/aromatic N) is 1. The number of carbonyl (C=O) groups is 1. The van der Waals surface area contributed by atoms with Crippen molar-refractivity contribution in [1.29, 1.82) is 0 Å². The molecular weight excluding hydrogens is 204 g/mol. The maximum absolute atomic E-state index is 11.9. The first-order valence-electron chi connectivity index (χ1n) is 5.26. The quantitative estimate of drug-likeness (QED) is 0.522. The largest absolute Gasteiger partial charge is 0.349 e. The highest BCUT2D eigenvalue weighted by Gasteiger charge is 2.46. The zero-order chi connectivity index (χ0) is 11.8. The molecule has 1 atom stereocenters. The van der Waals surface area contributed by atoms with Crippen molar-refractivity contribution in [2.75, 3.05) is 5.43 Å². The van der Waals surface area contributed by atoms with Crippen LogP contribution < -0.4 is 16.6 Å². The molecule has 4 N–H and O–H groups in total. The highest BCUT2D eigenvalue weighted by molar-refractivity contribution is 5.99. The van der Waals surface area contributed by atoms with Crippen molar-refractivity contribution < 1.29 is 4.79 Å². The van der Waals surface area contributed by atoms with E-state index >= 15 is 0 Å². The topological polar surface area (TPSA) is 80.0 Å². The van der Waals surface area contributed by atoms with E-state index in [1.165, 1.54) is 6.20 Å². The van der Waals surface area contributed by atoms with Crippen LogP contribution in [0.2, 0.25) is 0 Å². The molecule has 2 rings (SSSR count). The van der Waals surface area contributed by atoms with Crippen LogP contribution in [0.15, 0.2) is 18.5 Å². The van der Waals surface area contributed by atoms with Gasteiger partial charge in [-0.25, -0.2) is 0 Å². The number of anilines is 1. The number of amides is 1. The summed E-state index contributed by atoms with van der Waals surface area (Å²) in [6.45, 7) is 4.26. The summed E-state index contributed by atoms with van der Waals surface area (Å²) in [4.78, 5) is 15.8. The lowest BCUT2D eigenvalue weighted by Crippen LogP contribution is -2.29. The molecule has 0 bridgehead atoms. The molecule has 1 aliphatic carbocycles. The van der Waals surface area contributed by atoms with E-state index in [0.717, 1.165) is 6.42 Å². The molecule has 0 saturated heterocycles. The molecule has 86 valence electrons. The minimum atomic E-state index is -0.128. The number of hydrogen-bond acceptors (Lipinski definition) is 4. The third kappa shape index (κ3) is 1.99. The zero-order valence-corrected chi connectivity index (χ0v) is 9.45. The van der Waals surface area contributed by atoms with Crippen LogP contribution in [-0.4, -0.2) is 16.9 Å². The van der Waals surface area contributed by atoms with Gasteiger partial charge >= 0.3 is 0 Å². The van der Waals surface area contributed by atoms with E-state index in [9.17, 15) is 4.79 Å². The number of carbonyl (C=O) groups excluding carboxylic acids is 1. The lowest BCUT2D eigenvalue weighted by molar-refractivity contribution is 0.0947. The summed E-state index contributed by atoms with van der Waals surface area (Å²) in [6, 6.07) is 1.93. The average molecular weight is 220 g/mol. The van der Waals surface area contributed by atoms with E-state index in [1.54, 1.807) is 12.3 Å². The minimum absolute atomic E-state index is 0.128. The van der Waals surface area contributed by atoms with Gasteiger partial charge in [-0.05, 0) is 17.9 Å². The molecule has 1 unspecified atom stereocenters. The van der Waals surface area contributed by atoms with Crippen LogP contribution in [0.25, 0.3) is 0 Å². The van der Waals surface area contributed by atoms with Crippen molar-refractivity contribution >= 4 is 11.6 Å². The monoisotopic (exact) mass is 220 g/mol. The molecule has 0 spiro atoms. The van der Waals surface area contributed by atoms with Crippen molar-refractivity contribution in [2.45, 2.75) is 26.3 Å². The van der Waals surface area contributed by atoms with Crippen LogP contribution in [0, 0.1) is 5.41 Å². The van der Waals surface area contributed by atoms with Gasteiger partial charge in [-0.2, -0.15) is 0 Å². The Morgan fingerprint density at radius 3 is 2.88 bits per heavy atom. The molecule has 1 saturated carbocycles. The number of rotatable bonds is 3. The number of aromatic nitrogens is 1. The Morgan fingerprint density at radius 1 is 1.62 bits per heavy atom. The van der Waals surface area contributed by atoms with Crippen molar-refractivity contribution in [3.63, 3.8) is 0 Å². The minimum Gasteiger partial charge on any atom is -0.349 e. The van der Waals surface area contributed by atoms with Gasteiger partial charge in [-0.3, -0.25) is 15.6 Å². The van der Waals surface area contributed by atoms with Gasteiger partial charge in [-0.1, -0.05) is 13.8 Å². The molecule has 1 amide bonds. The first-order chi connectivity index (χ1) is 7.54. The van der Waals surface area contributed by atoms with E-state index in [4.69, 9.17) is 5.84 Å². The first-order valence-corrected chi connectivity index (χ1v) is 5.26. The molecule has 5 nitrogen and oxygen atoms in total. The fourth-order valence-electron chi connectivity index (χ4n) is 1.65. The number of nitrogen functional groups attached to an aromatic ring is 1. The van der Waals surface area contributed by atoms with Gasteiger partial charge in [0.1, 0.15) is 0 Å². The third-order valence-electron chi connectivity index (χ3n) is 3.04. The lowest BCUT2D eigenvalue weighted by Gasteiger charge is -2.09. The van der Waals surface area contributed by atoms with Crippen molar-refractivity contribution in [1.82, 2.24) is 10.3 Å². The summed E-state index contributed by atoms with van der Waals surface area (Å²) < 4.78 is 0. The van der Waals surface area contributed by atoms with Gasteiger partial charge < -0.3 is 10.7 Å². The van der Waals surface area contributed by atoms with Gasteiger partial charge in [0.25, 0.3) is 5.91 Å². The summed E-state index contributed by atoms with van der Waals surface area (Å²) in [5.41, 5.74) is 3.77. The van der Waals surface area contributed by atoms with Gasteiger partial charge in [0, 0.05) is 18.4 Å². The van der Waals surface area contributed by atoms with E-state index < -0.39 is 0 Å². The standard InChI is InChI=1S/C11H16N4O/c1-11(2)5-9(11)14-10(16)7-6-13-4-3-8(7)15-12/h3-4,6,9H,5,12H2,1-2H3,(H,13,15)(H,14,16). The normalized spacial score (nSPS) is 21.3. The van der Waals surface area contributed by atoms with Gasteiger partial charge in [0.2, 0.25) is 0 Å². The van der Waals surface area contributed by atoms with Crippen molar-refractivity contribution in [3.05, 3.63) is 24.0 Å². The highest BCUT2D eigenvalue weighted by Crippen LogP contribution is 2.44. The number of pyridine rings is 1. The van der Waals surface area contributed by atoms with Crippen molar-refractivity contribution in [2.24, 2.45) is 11.3 Å². The highest BCUT2D eigenvalue weighted by atomic mass is 16.1. The third-order valence-corrected chi connectivity index (χ3v) is 3.04. The predicted octanol–water partition coefficient (Wildman–Crippen LogP) is 0.895. The summed E-state index contributed by atoms with van der Waals surface area (Å²) in [6.07, 6.45) is 4.12. The number of hydrazine groups is 1. The second-order valence-electron chi connectivity index (χ2n) is 4.78. The van der Waals surface area contributed by atoms with E-state index in [1.807, 2.05) is 0 Å². The lowest BCUT2D eigenvalue weighted by atomic mass is 10.2. The molecule has 1 heterocycles. The maximum atomic E-state index is 11.9. The molecule has 1 aromatic rings. The molecular formula is C11H16N4O. The maximum Gasteiger partial charge on any atom is 0.255 e. The molecule has 5 heteroatoms. The predicted molar refractivity (Wildman–Crippen MR) is 61.7 cm³/mol. The fourth-order valence-corrected chi connectivity index (χ4v) is 1.65. The van der Waals surface area contributed by atoms with Crippen LogP contribution >= 0.6 is 0 Å². The van der Waals surface area contributed by atoms with Gasteiger partial charge in [-0.15, -0.1) is 0 Å². The molecule has 1 aromatic heterocycles. The van der Waals surface area contributed by atoms with Gasteiger partial charge in [0.05, 0.1) is 11.3 Å². The van der Waals surface area contributed by atoms with Crippen LogP contribution in [0.1, 0.15) is 30.6 Å². The molecule has 16 heavy (non-hydrogen) atoms. The Labute approximate surface area is 94.4 Å². The molecule has 1 fully saturated rings. The Morgan fingerprint density at radius 2 is 2.31 bits per heavy atom. The molecule has 0 aromatic carbocycles. The second-order valence-corrected chi connectivity index (χ2v) is 4.78. The smallest absolute Gasteiger partial charge is 0.255 e.